The van der Waals surface area contributed by atoms with Crippen molar-refractivity contribution in [2.45, 2.75) is 20.3 Å². The maximum Gasteiger partial charge on any atom is 0.104 e. The molecule has 2 unspecified atom stereocenters. The van der Waals surface area contributed by atoms with Crippen LogP contribution in [-0.4, -0.2) is 53.9 Å². The maximum absolute atomic E-state index is 5.88. The molecule has 3 aliphatic rings. The highest BCUT2D eigenvalue weighted by Gasteiger charge is 2.38. The number of likely N-dealkylation sites (tertiary alicyclic amines) is 1. The Morgan fingerprint density at radius 2 is 1.71 bits per heavy atom. The van der Waals surface area contributed by atoms with Crippen LogP contribution in [0, 0.1) is 11.8 Å². The van der Waals surface area contributed by atoms with E-state index in [4.69, 9.17) is 10.7 Å². The first-order chi connectivity index (χ1) is 15.1. The van der Waals surface area contributed by atoms with Crippen LogP contribution in [0.15, 0.2) is 47.6 Å². The number of amidine groups is 1. The maximum atomic E-state index is 5.88. The van der Waals surface area contributed by atoms with Gasteiger partial charge in [-0.15, -0.1) is 0 Å². The number of rotatable bonds is 2. The number of aromatic nitrogens is 2. The fraction of sp³-hybridized carbons (Fsp3) is 0.400. The molecule has 2 atom stereocenters. The number of nitrogens with two attached hydrogens (primary N) is 1. The zero-order valence-corrected chi connectivity index (χ0v) is 18.5. The molecular formula is C25H30N6. The van der Waals surface area contributed by atoms with Gasteiger partial charge in [0.15, 0.2) is 0 Å². The molecule has 0 aliphatic carbocycles. The van der Waals surface area contributed by atoms with Crippen molar-refractivity contribution in [1.29, 1.82) is 0 Å². The van der Waals surface area contributed by atoms with Crippen molar-refractivity contribution in [3.8, 4) is 11.3 Å². The molecule has 3 aliphatic heterocycles. The van der Waals surface area contributed by atoms with Gasteiger partial charge in [0, 0.05) is 38.2 Å². The number of benzene rings is 1. The number of pyridine rings is 2. The van der Waals surface area contributed by atoms with Crippen LogP contribution in [0.5, 0.6) is 0 Å². The second-order valence-corrected chi connectivity index (χ2v) is 8.70. The molecular weight excluding hydrogens is 384 g/mol. The van der Waals surface area contributed by atoms with E-state index in [1.54, 1.807) is 0 Å². The van der Waals surface area contributed by atoms with Gasteiger partial charge >= 0.3 is 0 Å². The van der Waals surface area contributed by atoms with Gasteiger partial charge in [-0.1, -0.05) is 26.0 Å². The summed E-state index contributed by atoms with van der Waals surface area (Å²) in [7, 11) is 2.23. The van der Waals surface area contributed by atoms with E-state index in [-0.39, 0.29) is 0 Å². The van der Waals surface area contributed by atoms with Crippen molar-refractivity contribution in [1.82, 2.24) is 14.9 Å². The molecule has 5 heterocycles. The molecule has 2 fully saturated rings. The zero-order chi connectivity index (χ0) is 21.5. The number of anilines is 1. The third-order valence-electron chi connectivity index (χ3n) is 6.57. The number of hydrogen-bond donors (Lipinski definition) is 1. The van der Waals surface area contributed by atoms with E-state index in [2.05, 4.69) is 57.2 Å². The highest BCUT2D eigenvalue weighted by molar-refractivity contribution is 5.92. The number of fused-ring (bicyclic) bond motifs is 3. The van der Waals surface area contributed by atoms with Crippen LogP contribution < -0.4 is 10.6 Å². The van der Waals surface area contributed by atoms with Gasteiger partial charge in [0.1, 0.15) is 5.84 Å². The Hall–Kier alpha value is -2.99. The minimum absolute atomic E-state index is 0.680. The van der Waals surface area contributed by atoms with Crippen molar-refractivity contribution >= 4 is 28.2 Å². The highest BCUT2D eigenvalue weighted by Crippen LogP contribution is 2.34. The molecule has 2 N–H and O–H groups in total. The molecule has 2 saturated heterocycles. The Kier molecular flexibility index (Phi) is 5.10. The van der Waals surface area contributed by atoms with E-state index < -0.39 is 0 Å². The first kappa shape index (κ1) is 19.9. The minimum atomic E-state index is 0.680. The molecule has 1 aromatic carbocycles. The van der Waals surface area contributed by atoms with Crippen LogP contribution in [0.1, 0.15) is 19.4 Å². The monoisotopic (exact) mass is 414 g/mol. The SMILES string of the molecule is CC.CN1CC2CN(c3cnc4ccc(-c5ccc6c(c5)N=C(N)C6)nc4c3)CC2C1. The zero-order valence-electron chi connectivity index (χ0n) is 18.5. The van der Waals surface area contributed by atoms with Crippen molar-refractivity contribution in [2.24, 2.45) is 22.6 Å². The van der Waals surface area contributed by atoms with E-state index in [1.807, 2.05) is 26.1 Å². The summed E-state index contributed by atoms with van der Waals surface area (Å²) in [5.41, 5.74) is 13.1. The molecule has 6 rings (SSSR count). The van der Waals surface area contributed by atoms with Gasteiger partial charge < -0.3 is 15.5 Å². The Labute approximate surface area is 183 Å². The average Bonchev–Trinajstić information content (AvgIpc) is 3.45. The van der Waals surface area contributed by atoms with Crippen LogP contribution >= 0.6 is 0 Å². The summed E-state index contributed by atoms with van der Waals surface area (Å²) in [6.07, 6.45) is 2.74. The quantitative estimate of drug-likeness (QED) is 0.689. The van der Waals surface area contributed by atoms with E-state index >= 15 is 0 Å². The molecule has 2 aromatic heterocycles. The van der Waals surface area contributed by atoms with Crippen LogP contribution in [0.2, 0.25) is 0 Å². The van der Waals surface area contributed by atoms with Crippen molar-refractivity contribution in [2.75, 3.05) is 38.1 Å². The molecule has 6 heteroatoms. The van der Waals surface area contributed by atoms with Gasteiger partial charge in [-0.2, -0.15) is 0 Å². The lowest BCUT2D eigenvalue weighted by molar-refractivity contribution is 0.387. The Balaban J connectivity index is 0.000000994. The highest BCUT2D eigenvalue weighted by atomic mass is 15.2. The normalized spacial score (nSPS) is 22.2. The second kappa shape index (κ2) is 7.93. The Bertz CT molecular complexity index is 1140. The third kappa shape index (κ3) is 3.65. The van der Waals surface area contributed by atoms with E-state index in [1.165, 1.54) is 24.3 Å². The molecule has 6 nitrogen and oxygen atoms in total. The predicted octanol–water partition coefficient (Wildman–Crippen LogP) is 3.87. The number of nitrogens with zero attached hydrogens (tertiary/aromatic N) is 5. The van der Waals surface area contributed by atoms with E-state index in [0.717, 1.165) is 59.3 Å². The minimum Gasteiger partial charge on any atom is -0.387 e. The van der Waals surface area contributed by atoms with Crippen molar-refractivity contribution < 1.29 is 0 Å². The van der Waals surface area contributed by atoms with Gasteiger partial charge in [-0.25, -0.2) is 9.98 Å². The van der Waals surface area contributed by atoms with Crippen LogP contribution in [0.4, 0.5) is 11.4 Å². The molecule has 160 valence electrons. The van der Waals surface area contributed by atoms with Gasteiger partial charge in [0.05, 0.1) is 34.3 Å². The largest absolute Gasteiger partial charge is 0.387 e. The van der Waals surface area contributed by atoms with Gasteiger partial charge in [-0.3, -0.25) is 4.98 Å². The summed E-state index contributed by atoms with van der Waals surface area (Å²) in [5, 5.41) is 0. The summed E-state index contributed by atoms with van der Waals surface area (Å²) in [4.78, 5) is 19.0. The fourth-order valence-electron chi connectivity index (χ4n) is 5.13. The smallest absolute Gasteiger partial charge is 0.104 e. The van der Waals surface area contributed by atoms with Gasteiger partial charge in [0.2, 0.25) is 0 Å². The van der Waals surface area contributed by atoms with E-state index in [9.17, 15) is 0 Å². The first-order valence-electron chi connectivity index (χ1n) is 11.3. The van der Waals surface area contributed by atoms with Gasteiger partial charge in [-0.05, 0) is 48.7 Å². The fourth-order valence-corrected chi connectivity index (χ4v) is 5.13. The van der Waals surface area contributed by atoms with Crippen molar-refractivity contribution in [3.63, 3.8) is 0 Å². The molecule has 0 spiro atoms. The molecule has 3 aromatic rings. The van der Waals surface area contributed by atoms with Gasteiger partial charge in [0.25, 0.3) is 0 Å². The first-order valence-corrected chi connectivity index (χ1v) is 11.3. The van der Waals surface area contributed by atoms with Crippen molar-refractivity contribution in [3.05, 3.63) is 48.2 Å². The lowest BCUT2D eigenvalue weighted by atomic mass is 10.0. The van der Waals surface area contributed by atoms with Crippen LogP contribution in [-0.2, 0) is 6.42 Å². The molecule has 0 radical (unpaired) electrons. The summed E-state index contributed by atoms with van der Waals surface area (Å²) < 4.78 is 0. The Morgan fingerprint density at radius 1 is 0.935 bits per heavy atom. The molecule has 0 amide bonds. The molecule has 31 heavy (non-hydrogen) atoms. The summed E-state index contributed by atoms with van der Waals surface area (Å²) in [6, 6.07) is 12.6. The lowest BCUT2D eigenvalue weighted by Gasteiger charge is -2.21. The third-order valence-corrected chi connectivity index (χ3v) is 6.57. The van der Waals surface area contributed by atoms with Crippen LogP contribution in [0.3, 0.4) is 0 Å². The van der Waals surface area contributed by atoms with Crippen LogP contribution in [0.25, 0.3) is 22.3 Å². The topological polar surface area (TPSA) is 70.6 Å². The van der Waals surface area contributed by atoms with E-state index in [0.29, 0.717) is 5.84 Å². The molecule has 0 bridgehead atoms. The average molecular weight is 415 g/mol. The summed E-state index contributed by atoms with van der Waals surface area (Å²) in [6.45, 7) is 8.64. The Morgan fingerprint density at radius 3 is 2.48 bits per heavy atom. The predicted molar refractivity (Wildman–Crippen MR) is 128 cm³/mol. The molecule has 0 saturated carbocycles. The summed E-state index contributed by atoms with van der Waals surface area (Å²) in [5.74, 6) is 2.22. The summed E-state index contributed by atoms with van der Waals surface area (Å²) >= 11 is 0. The lowest BCUT2D eigenvalue weighted by Crippen LogP contribution is -2.26. The standard InChI is InChI=1S/C23H24N6.C2H6/c1-28-10-16-12-29(13-17(16)11-28)18-8-22-20(25-9-18)5-4-19(26-22)14-2-3-15-7-23(24)27-21(15)6-14;1-2/h2-6,8-9,16-17H,7,10-13H2,1H3,(H2,24,27);1-2H3. The number of hydrogen-bond acceptors (Lipinski definition) is 6. The second-order valence-electron chi connectivity index (χ2n) is 8.70. The number of aliphatic imine (C=N–C) groups is 1.